The third kappa shape index (κ3) is 4.40. The van der Waals surface area contributed by atoms with Gasteiger partial charge in [0.05, 0.1) is 4.47 Å². The number of nitrogens with zero attached hydrogens (tertiary/aromatic N) is 1. The van der Waals surface area contributed by atoms with Crippen LogP contribution in [0.15, 0.2) is 27.5 Å². The summed E-state index contributed by atoms with van der Waals surface area (Å²) in [6.45, 7) is 10.9. The Hall–Kier alpha value is -1.88. The third-order valence-electron chi connectivity index (χ3n) is 5.31. The third-order valence-corrected chi connectivity index (χ3v) is 6.25. The van der Waals surface area contributed by atoms with Gasteiger partial charge in [-0.05, 0) is 66.6 Å². The summed E-state index contributed by atoms with van der Waals surface area (Å²) in [6, 6.07) is 6.08. The van der Waals surface area contributed by atoms with Gasteiger partial charge in [0.15, 0.2) is 0 Å². The number of hydrogen-bond acceptors (Lipinski definition) is 2. The minimum Gasteiger partial charge on any atom is -0.347 e. The van der Waals surface area contributed by atoms with E-state index in [4.69, 9.17) is 0 Å². The van der Waals surface area contributed by atoms with Crippen LogP contribution < -0.4 is 10.7 Å². The maximum Gasteiger partial charge on any atom is 0.261 e. The lowest BCUT2D eigenvalue weighted by molar-refractivity contribution is 0.102. The van der Waals surface area contributed by atoms with Crippen molar-refractivity contribution in [2.75, 3.05) is 5.32 Å². The molecular weight excluding hydrogens is 416 g/mol. The van der Waals surface area contributed by atoms with Gasteiger partial charge in [-0.15, -0.1) is 0 Å². The summed E-state index contributed by atoms with van der Waals surface area (Å²) >= 11 is 3.42. The molecule has 5 heteroatoms. The number of nitrogens with one attached hydrogen (secondary N) is 1. The molecule has 0 bridgehead atoms. The Morgan fingerprint density at radius 1 is 1.11 bits per heavy atom. The van der Waals surface area contributed by atoms with Gasteiger partial charge in [0.1, 0.15) is 5.56 Å². The average molecular weight is 447 g/mol. The second kappa shape index (κ2) is 10.1. The van der Waals surface area contributed by atoms with E-state index in [1.807, 2.05) is 32.0 Å². The molecule has 0 aliphatic rings. The van der Waals surface area contributed by atoms with Gasteiger partial charge < -0.3 is 9.88 Å². The maximum absolute atomic E-state index is 13.3. The van der Waals surface area contributed by atoms with Crippen LogP contribution in [0.4, 0.5) is 5.69 Å². The monoisotopic (exact) mass is 446 g/mol. The zero-order valence-electron chi connectivity index (χ0n) is 17.6. The van der Waals surface area contributed by atoms with Crippen molar-refractivity contribution in [3.05, 3.63) is 61.0 Å². The van der Waals surface area contributed by atoms with Crippen molar-refractivity contribution in [1.29, 1.82) is 0 Å². The first-order valence-electron chi connectivity index (χ1n) is 10.2. The van der Waals surface area contributed by atoms with Crippen molar-refractivity contribution in [1.82, 2.24) is 4.57 Å². The molecule has 0 aliphatic carbocycles. The summed E-state index contributed by atoms with van der Waals surface area (Å²) in [5.41, 5.74) is 4.77. The summed E-state index contributed by atoms with van der Waals surface area (Å²) in [5, 5.41) is 3.08. The molecule has 4 nitrogen and oxygen atoms in total. The Balaban J connectivity index is 2.63. The number of anilines is 1. The van der Waals surface area contributed by atoms with Gasteiger partial charge in [0.2, 0.25) is 5.43 Å². The first kappa shape index (κ1) is 22.4. The van der Waals surface area contributed by atoms with Gasteiger partial charge in [-0.2, -0.15) is 0 Å². The van der Waals surface area contributed by atoms with Crippen LogP contribution in [0.3, 0.4) is 0 Å². The maximum atomic E-state index is 13.3. The smallest absolute Gasteiger partial charge is 0.261 e. The van der Waals surface area contributed by atoms with E-state index in [1.165, 1.54) is 0 Å². The van der Waals surface area contributed by atoms with Gasteiger partial charge in [-0.25, -0.2) is 0 Å². The molecule has 152 valence electrons. The molecule has 1 aromatic heterocycles. The molecule has 1 N–H and O–H groups in total. The Morgan fingerprint density at radius 3 is 2.21 bits per heavy atom. The molecule has 1 aromatic carbocycles. The number of halogens is 1. The van der Waals surface area contributed by atoms with E-state index >= 15 is 0 Å². The number of aromatic nitrogens is 1. The molecule has 0 aliphatic heterocycles. The van der Waals surface area contributed by atoms with Crippen LogP contribution in [0.1, 0.15) is 73.4 Å². The fourth-order valence-corrected chi connectivity index (χ4v) is 4.12. The molecule has 28 heavy (non-hydrogen) atoms. The van der Waals surface area contributed by atoms with E-state index in [9.17, 15) is 9.59 Å². The highest BCUT2D eigenvalue weighted by atomic mass is 79.9. The quantitative estimate of drug-likeness (QED) is 0.568. The van der Waals surface area contributed by atoms with E-state index in [2.05, 4.69) is 46.6 Å². The summed E-state index contributed by atoms with van der Waals surface area (Å²) in [4.78, 5) is 26.4. The second-order valence-electron chi connectivity index (χ2n) is 7.01. The lowest BCUT2D eigenvalue weighted by Gasteiger charge is -2.21. The molecule has 0 unspecified atom stereocenters. The van der Waals surface area contributed by atoms with Crippen molar-refractivity contribution in [3.8, 4) is 0 Å². The van der Waals surface area contributed by atoms with Gasteiger partial charge in [-0.3, -0.25) is 9.59 Å². The number of aryl methyl sites for hydroxylation is 2. The van der Waals surface area contributed by atoms with E-state index < -0.39 is 0 Å². The van der Waals surface area contributed by atoms with Crippen LogP contribution in [-0.2, 0) is 25.8 Å². The molecule has 2 rings (SSSR count). The molecule has 0 atom stereocenters. The SMILES string of the molecule is CCCCc1c(C(=O)Nc2c(CC)cccc2CC)c(=O)c(Br)c(C)n1CC. The Kier molecular flexibility index (Phi) is 8.05. The van der Waals surface area contributed by atoms with Crippen LogP contribution in [0.25, 0.3) is 0 Å². The lowest BCUT2D eigenvalue weighted by atomic mass is 10.0. The van der Waals surface area contributed by atoms with E-state index in [0.29, 0.717) is 10.9 Å². The highest BCUT2D eigenvalue weighted by molar-refractivity contribution is 9.10. The van der Waals surface area contributed by atoms with E-state index in [1.54, 1.807) is 0 Å². The zero-order valence-corrected chi connectivity index (χ0v) is 19.2. The van der Waals surface area contributed by atoms with Crippen molar-refractivity contribution in [2.24, 2.45) is 0 Å². The summed E-state index contributed by atoms with van der Waals surface area (Å²) < 4.78 is 2.56. The number of benzene rings is 1. The lowest BCUT2D eigenvalue weighted by Crippen LogP contribution is -2.30. The number of pyridine rings is 1. The predicted octanol–water partition coefficient (Wildman–Crippen LogP) is 5.66. The number of rotatable bonds is 8. The van der Waals surface area contributed by atoms with Gasteiger partial charge in [0.25, 0.3) is 5.91 Å². The van der Waals surface area contributed by atoms with Gasteiger partial charge in [0, 0.05) is 23.6 Å². The Bertz CT molecular complexity index is 894. The normalized spacial score (nSPS) is 10.9. The molecule has 1 heterocycles. The minimum absolute atomic E-state index is 0.224. The van der Waals surface area contributed by atoms with Crippen molar-refractivity contribution < 1.29 is 4.79 Å². The number of carbonyl (C=O) groups is 1. The summed E-state index contributed by atoms with van der Waals surface area (Å²) in [6.07, 6.45) is 4.30. The van der Waals surface area contributed by atoms with Crippen molar-refractivity contribution >= 4 is 27.5 Å². The number of para-hydroxylation sites is 1. The van der Waals surface area contributed by atoms with Gasteiger partial charge in [-0.1, -0.05) is 45.4 Å². The average Bonchev–Trinajstić information content (AvgIpc) is 2.70. The molecule has 0 saturated carbocycles. The standard InChI is InChI=1S/C23H31BrN2O2/c1-6-10-14-18-19(22(27)20(24)15(5)26(18)9-4)23(28)25-21-16(7-2)12-11-13-17(21)8-3/h11-13H,6-10,14H2,1-5H3,(H,25,28). The number of amides is 1. The number of hydrogen-bond donors (Lipinski definition) is 1. The summed E-state index contributed by atoms with van der Waals surface area (Å²) in [5.74, 6) is -0.311. The first-order chi connectivity index (χ1) is 13.4. The number of unbranched alkanes of at least 4 members (excludes halogenated alkanes) is 1. The Labute approximate surface area is 176 Å². The highest BCUT2D eigenvalue weighted by Gasteiger charge is 2.23. The fraction of sp³-hybridized carbons (Fsp3) is 0.478. The van der Waals surface area contributed by atoms with Crippen LogP contribution >= 0.6 is 15.9 Å². The molecule has 0 fully saturated rings. The molecular formula is C23H31BrN2O2. The van der Waals surface area contributed by atoms with Crippen LogP contribution in [0.2, 0.25) is 0 Å². The predicted molar refractivity (Wildman–Crippen MR) is 121 cm³/mol. The van der Waals surface area contributed by atoms with Crippen LogP contribution in [-0.4, -0.2) is 10.5 Å². The minimum atomic E-state index is -0.311. The molecule has 0 saturated heterocycles. The zero-order chi connectivity index (χ0) is 20.8. The van der Waals surface area contributed by atoms with Crippen molar-refractivity contribution in [2.45, 2.75) is 73.3 Å². The van der Waals surface area contributed by atoms with Crippen molar-refractivity contribution in [3.63, 3.8) is 0 Å². The largest absolute Gasteiger partial charge is 0.347 e. The second-order valence-corrected chi connectivity index (χ2v) is 7.80. The fourth-order valence-electron chi connectivity index (χ4n) is 3.71. The van der Waals surface area contributed by atoms with Crippen LogP contribution in [0, 0.1) is 6.92 Å². The van der Waals surface area contributed by atoms with E-state index in [-0.39, 0.29) is 16.9 Å². The van der Waals surface area contributed by atoms with E-state index in [0.717, 1.165) is 60.4 Å². The molecule has 0 radical (unpaired) electrons. The molecule has 0 spiro atoms. The molecule has 1 amide bonds. The Morgan fingerprint density at radius 2 is 1.71 bits per heavy atom. The van der Waals surface area contributed by atoms with Crippen LogP contribution in [0.5, 0.6) is 0 Å². The van der Waals surface area contributed by atoms with Gasteiger partial charge >= 0.3 is 0 Å². The topological polar surface area (TPSA) is 51.1 Å². The summed E-state index contributed by atoms with van der Waals surface area (Å²) in [7, 11) is 0. The molecule has 2 aromatic rings. The first-order valence-corrected chi connectivity index (χ1v) is 11.0. The number of carbonyl (C=O) groups excluding carboxylic acids is 1. The highest BCUT2D eigenvalue weighted by Crippen LogP contribution is 2.25.